The van der Waals surface area contributed by atoms with Crippen molar-refractivity contribution in [2.24, 2.45) is 0 Å². The van der Waals surface area contributed by atoms with Gasteiger partial charge < -0.3 is 0 Å². The van der Waals surface area contributed by atoms with Gasteiger partial charge in [-0.2, -0.15) is 0 Å². The third-order valence-electron chi connectivity index (χ3n) is 3.18. The molecule has 1 aliphatic rings. The molecule has 0 N–H and O–H groups in total. The quantitative estimate of drug-likeness (QED) is 0.831. The number of sulfone groups is 1. The molecule has 6 heteroatoms. The van der Waals surface area contributed by atoms with Gasteiger partial charge in [0.1, 0.15) is 5.82 Å². The SMILES string of the molecule is CC1CS(=O)(=O)CCN1Cc1ccc(F)c(Br)c1. The van der Waals surface area contributed by atoms with E-state index in [0.29, 0.717) is 17.6 Å². The van der Waals surface area contributed by atoms with Crippen molar-refractivity contribution in [1.82, 2.24) is 4.90 Å². The van der Waals surface area contributed by atoms with Gasteiger partial charge in [-0.05, 0) is 40.5 Å². The Labute approximate surface area is 115 Å². The van der Waals surface area contributed by atoms with E-state index in [1.807, 2.05) is 6.92 Å². The maximum Gasteiger partial charge on any atom is 0.153 e. The van der Waals surface area contributed by atoms with Crippen LogP contribution in [0.2, 0.25) is 0 Å². The molecule has 1 atom stereocenters. The van der Waals surface area contributed by atoms with E-state index in [-0.39, 0.29) is 23.4 Å². The zero-order chi connectivity index (χ0) is 13.3. The predicted octanol–water partition coefficient (Wildman–Crippen LogP) is 2.21. The van der Waals surface area contributed by atoms with Gasteiger partial charge in [0.2, 0.25) is 0 Å². The number of hydrogen-bond donors (Lipinski definition) is 0. The van der Waals surface area contributed by atoms with Gasteiger partial charge in [0, 0.05) is 19.1 Å². The molecule has 1 heterocycles. The van der Waals surface area contributed by atoms with Crippen LogP contribution in [0.4, 0.5) is 4.39 Å². The van der Waals surface area contributed by atoms with Crippen LogP contribution < -0.4 is 0 Å². The van der Waals surface area contributed by atoms with Gasteiger partial charge in [0.15, 0.2) is 9.84 Å². The molecule has 18 heavy (non-hydrogen) atoms. The second-order valence-electron chi connectivity index (χ2n) is 4.68. The fourth-order valence-corrected chi connectivity index (χ4v) is 4.19. The Hall–Kier alpha value is -0.460. The predicted molar refractivity (Wildman–Crippen MR) is 72.6 cm³/mol. The molecule has 0 radical (unpaired) electrons. The summed E-state index contributed by atoms with van der Waals surface area (Å²) in [5.74, 6) is 0.128. The van der Waals surface area contributed by atoms with Crippen molar-refractivity contribution in [2.75, 3.05) is 18.1 Å². The lowest BCUT2D eigenvalue weighted by molar-refractivity contribution is 0.218. The summed E-state index contributed by atoms with van der Waals surface area (Å²) in [6, 6.07) is 4.90. The normalized spacial score (nSPS) is 24.1. The molecule has 3 nitrogen and oxygen atoms in total. The number of nitrogens with zero attached hydrogens (tertiary/aromatic N) is 1. The van der Waals surface area contributed by atoms with Crippen LogP contribution in [0, 0.1) is 5.82 Å². The van der Waals surface area contributed by atoms with Gasteiger partial charge >= 0.3 is 0 Å². The van der Waals surface area contributed by atoms with Crippen LogP contribution in [0.25, 0.3) is 0 Å². The van der Waals surface area contributed by atoms with Crippen LogP contribution in [0.3, 0.4) is 0 Å². The average Bonchev–Trinajstić information content (AvgIpc) is 2.27. The second-order valence-corrected chi connectivity index (χ2v) is 7.77. The van der Waals surface area contributed by atoms with Crippen molar-refractivity contribution in [3.05, 3.63) is 34.1 Å². The monoisotopic (exact) mass is 335 g/mol. The molecule has 1 saturated heterocycles. The zero-order valence-corrected chi connectivity index (χ0v) is 12.5. The fraction of sp³-hybridized carbons (Fsp3) is 0.500. The minimum absolute atomic E-state index is 0.00702. The average molecular weight is 336 g/mol. The highest BCUT2D eigenvalue weighted by atomic mass is 79.9. The highest BCUT2D eigenvalue weighted by Crippen LogP contribution is 2.20. The first-order valence-electron chi connectivity index (χ1n) is 5.76. The van der Waals surface area contributed by atoms with Gasteiger partial charge in [-0.25, -0.2) is 12.8 Å². The van der Waals surface area contributed by atoms with Gasteiger partial charge in [0.05, 0.1) is 16.0 Å². The molecule has 1 fully saturated rings. The standard InChI is InChI=1S/C12H15BrFNO2S/c1-9-8-18(16,17)5-4-15(9)7-10-2-3-12(14)11(13)6-10/h2-3,6,9H,4-5,7-8H2,1H3. The molecule has 0 bridgehead atoms. The molecular formula is C12H15BrFNO2S. The van der Waals surface area contributed by atoms with Crippen LogP contribution in [-0.2, 0) is 16.4 Å². The van der Waals surface area contributed by atoms with E-state index in [4.69, 9.17) is 0 Å². The molecule has 1 aliphatic heterocycles. The van der Waals surface area contributed by atoms with Crippen LogP contribution in [0.15, 0.2) is 22.7 Å². The summed E-state index contributed by atoms with van der Waals surface area (Å²) >= 11 is 3.15. The smallest absolute Gasteiger partial charge is 0.153 e. The lowest BCUT2D eigenvalue weighted by Crippen LogP contribution is -2.46. The zero-order valence-electron chi connectivity index (χ0n) is 10.1. The minimum atomic E-state index is -2.88. The maximum atomic E-state index is 13.1. The van der Waals surface area contributed by atoms with Crippen molar-refractivity contribution in [2.45, 2.75) is 19.5 Å². The Kier molecular flexibility index (Phi) is 4.08. The lowest BCUT2D eigenvalue weighted by atomic mass is 10.2. The summed E-state index contributed by atoms with van der Waals surface area (Å²) in [4.78, 5) is 2.11. The van der Waals surface area contributed by atoms with Gasteiger partial charge in [-0.3, -0.25) is 4.90 Å². The molecular weight excluding hydrogens is 321 g/mol. The highest BCUT2D eigenvalue weighted by Gasteiger charge is 2.27. The Morgan fingerprint density at radius 1 is 1.50 bits per heavy atom. The highest BCUT2D eigenvalue weighted by molar-refractivity contribution is 9.10. The van der Waals surface area contributed by atoms with E-state index < -0.39 is 9.84 Å². The third kappa shape index (κ3) is 3.30. The topological polar surface area (TPSA) is 37.4 Å². The Morgan fingerprint density at radius 2 is 2.22 bits per heavy atom. The maximum absolute atomic E-state index is 13.1. The Balaban J connectivity index is 2.08. The van der Waals surface area contributed by atoms with E-state index in [2.05, 4.69) is 20.8 Å². The molecule has 1 aromatic carbocycles. The Bertz CT molecular complexity index is 547. The summed E-state index contributed by atoms with van der Waals surface area (Å²) in [6.45, 7) is 3.10. The van der Waals surface area contributed by atoms with E-state index >= 15 is 0 Å². The van der Waals surface area contributed by atoms with Gasteiger partial charge in [-0.1, -0.05) is 6.07 Å². The number of rotatable bonds is 2. The lowest BCUT2D eigenvalue weighted by Gasteiger charge is -2.33. The fourth-order valence-electron chi connectivity index (χ4n) is 2.14. The number of halogens is 2. The van der Waals surface area contributed by atoms with Crippen molar-refractivity contribution in [3.63, 3.8) is 0 Å². The summed E-state index contributed by atoms with van der Waals surface area (Å²) in [6.07, 6.45) is 0. The van der Waals surface area contributed by atoms with E-state index in [9.17, 15) is 12.8 Å². The van der Waals surface area contributed by atoms with Crippen LogP contribution in [-0.4, -0.2) is 37.4 Å². The molecule has 2 rings (SSSR count). The summed E-state index contributed by atoms with van der Waals surface area (Å²) in [7, 11) is -2.88. The van der Waals surface area contributed by atoms with Crippen molar-refractivity contribution < 1.29 is 12.8 Å². The molecule has 0 aliphatic carbocycles. The molecule has 0 amide bonds. The van der Waals surface area contributed by atoms with Gasteiger partial charge in [0.25, 0.3) is 0 Å². The van der Waals surface area contributed by atoms with Crippen molar-refractivity contribution in [1.29, 1.82) is 0 Å². The first-order valence-corrected chi connectivity index (χ1v) is 8.37. The molecule has 0 saturated carbocycles. The second kappa shape index (κ2) is 5.27. The molecule has 100 valence electrons. The van der Waals surface area contributed by atoms with E-state index in [1.54, 1.807) is 12.1 Å². The van der Waals surface area contributed by atoms with Crippen molar-refractivity contribution in [3.8, 4) is 0 Å². The first kappa shape index (κ1) is 14.0. The summed E-state index contributed by atoms with van der Waals surface area (Å²) in [5, 5.41) is 0. The molecule has 1 aromatic rings. The summed E-state index contributed by atoms with van der Waals surface area (Å²) < 4.78 is 36.5. The van der Waals surface area contributed by atoms with E-state index in [0.717, 1.165) is 5.56 Å². The third-order valence-corrected chi connectivity index (χ3v) is 5.58. The largest absolute Gasteiger partial charge is 0.294 e. The minimum Gasteiger partial charge on any atom is -0.294 e. The Morgan fingerprint density at radius 3 is 2.83 bits per heavy atom. The van der Waals surface area contributed by atoms with Crippen LogP contribution in [0.1, 0.15) is 12.5 Å². The van der Waals surface area contributed by atoms with Crippen molar-refractivity contribution >= 4 is 25.8 Å². The summed E-state index contributed by atoms with van der Waals surface area (Å²) in [5.41, 5.74) is 0.981. The molecule has 1 unspecified atom stereocenters. The van der Waals surface area contributed by atoms with Gasteiger partial charge in [-0.15, -0.1) is 0 Å². The first-order chi connectivity index (χ1) is 8.37. The number of hydrogen-bond acceptors (Lipinski definition) is 3. The van der Waals surface area contributed by atoms with E-state index in [1.165, 1.54) is 6.07 Å². The molecule has 0 aromatic heterocycles. The molecule has 0 spiro atoms. The number of benzene rings is 1. The van der Waals surface area contributed by atoms with Crippen LogP contribution in [0.5, 0.6) is 0 Å². The van der Waals surface area contributed by atoms with Crippen LogP contribution >= 0.6 is 15.9 Å².